The highest BCUT2D eigenvalue weighted by atomic mass is 79.9. The number of nitrogens with one attached hydrogen (secondary N) is 1. The van der Waals surface area contributed by atoms with E-state index in [0.29, 0.717) is 34.8 Å². The van der Waals surface area contributed by atoms with E-state index >= 15 is 0 Å². The molecule has 0 spiro atoms. The first-order chi connectivity index (χ1) is 9.66. The summed E-state index contributed by atoms with van der Waals surface area (Å²) < 4.78 is 6.14. The predicted octanol–water partition coefficient (Wildman–Crippen LogP) is 2.24. The number of halogens is 1. The number of anilines is 1. The topological polar surface area (TPSA) is 77.2 Å². The van der Waals surface area contributed by atoms with Gasteiger partial charge in [0, 0.05) is 16.4 Å². The molecule has 0 radical (unpaired) electrons. The first kappa shape index (κ1) is 14.3. The summed E-state index contributed by atoms with van der Waals surface area (Å²) >= 11 is 3.28. The number of nitrogen functional groups attached to an aromatic ring is 1. The van der Waals surface area contributed by atoms with Gasteiger partial charge in [-0.1, -0.05) is 0 Å². The molecule has 5 nitrogen and oxygen atoms in total. The monoisotopic (exact) mass is 335 g/mol. The van der Waals surface area contributed by atoms with Crippen LogP contribution in [0, 0.1) is 0 Å². The Bertz CT molecular complexity index is 587. The number of ether oxygens (including phenoxy) is 1. The average Bonchev–Trinajstić information content (AvgIpc) is 2.46. The maximum absolute atomic E-state index is 11.8. The molecule has 0 unspecified atom stereocenters. The van der Waals surface area contributed by atoms with Gasteiger partial charge in [-0.3, -0.25) is 4.79 Å². The molecule has 1 amide bonds. The van der Waals surface area contributed by atoms with Crippen molar-refractivity contribution in [2.75, 3.05) is 18.9 Å². The molecule has 2 aromatic rings. The molecule has 0 aliphatic rings. The van der Waals surface area contributed by atoms with Crippen molar-refractivity contribution < 1.29 is 9.53 Å². The van der Waals surface area contributed by atoms with Crippen LogP contribution in [0.1, 0.15) is 10.5 Å². The maximum atomic E-state index is 11.8. The van der Waals surface area contributed by atoms with Crippen LogP contribution < -0.4 is 15.8 Å². The predicted molar refractivity (Wildman–Crippen MR) is 80.6 cm³/mol. The quantitative estimate of drug-likeness (QED) is 0.648. The minimum atomic E-state index is -0.238. The Labute approximate surface area is 125 Å². The van der Waals surface area contributed by atoms with Crippen LogP contribution in [0.2, 0.25) is 0 Å². The number of benzene rings is 1. The van der Waals surface area contributed by atoms with Gasteiger partial charge in [0.15, 0.2) is 0 Å². The fraction of sp³-hybridized carbons (Fsp3) is 0.143. The molecule has 0 fully saturated rings. The number of carbonyl (C=O) groups excluding carboxylic acids is 1. The lowest BCUT2D eigenvalue weighted by Gasteiger charge is -2.08. The number of aromatic nitrogens is 1. The summed E-state index contributed by atoms with van der Waals surface area (Å²) in [7, 11) is 0. The summed E-state index contributed by atoms with van der Waals surface area (Å²) in [5.41, 5.74) is 6.62. The van der Waals surface area contributed by atoms with Gasteiger partial charge in [-0.2, -0.15) is 0 Å². The largest absolute Gasteiger partial charge is 0.492 e. The van der Waals surface area contributed by atoms with E-state index in [2.05, 4.69) is 26.2 Å². The Morgan fingerprint density at radius 3 is 2.75 bits per heavy atom. The van der Waals surface area contributed by atoms with Crippen LogP contribution in [-0.2, 0) is 0 Å². The van der Waals surface area contributed by atoms with Crippen molar-refractivity contribution in [2.24, 2.45) is 0 Å². The summed E-state index contributed by atoms with van der Waals surface area (Å²) in [6.07, 6.45) is 1.57. The number of rotatable bonds is 5. The lowest BCUT2D eigenvalue weighted by Crippen LogP contribution is -2.29. The van der Waals surface area contributed by atoms with Crippen LogP contribution in [0.25, 0.3) is 0 Å². The molecule has 0 aliphatic heterocycles. The van der Waals surface area contributed by atoms with E-state index in [0.717, 1.165) is 0 Å². The second-order valence-corrected chi connectivity index (χ2v) is 4.86. The molecule has 3 N–H and O–H groups in total. The standard InChI is InChI=1S/C14H14BrN3O2/c15-12-2-1-7-17-13(12)14(19)18-8-9-20-11-5-3-10(16)4-6-11/h1-7H,8-9,16H2,(H,18,19). The third-order valence-corrected chi connectivity index (χ3v) is 3.15. The number of nitrogens with zero attached hydrogens (tertiary/aromatic N) is 1. The van der Waals surface area contributed by atoms with Gasteiger partial charge in [-0.25, -0.2) is 4.98 Å². The van der Waals surface area contributed by atoms with E-state index in [1.165, 1.54) is 0 Å². The highest BCUT2D eigenvalue weighted by Crippen LogP contribution is 2.13. The highest BCUT2D eigenvalue weighted by Gasteiger charge is 2.09. The zero-order valence-corrected chi connectivity index (χ0v) is 12.3. The van der Waals surface area contributed by atoms with E-state index < -0.39 is 0 Å². The van der Waals surface area contributed by atoms with Gasteiger partial charge < -0.3 is 15.8 Å². The minimum Gasteiger partial charge on any atom is -0.492 e. The van der Waals surface area contributed by atoms with E-state index in [9.17, 15) is 4.79 Å². The van der Waals surface area contributed by atoms with Gasteiger partial charge in [-0.05, 0) is 52.3 Å². The number of nitrogens with two attached hydrogens (primary N) is 1. The molecular formula is C14H14BrN3O2. The molecule has 104 valence electrons. The van der Waals surface area contributed by atoms with Crippen LogP contribution in [-0.4, -0.2) is 24.0 Å². The van der Waals surface area contributed by atoms with Crippen LogP contribution in [0.4, 0.5) is 5.69 Å². The van der Waals surface area contributed by atoms with Crippen LogP contribution in [0.3, 0.4) is 0 Å². The van der Waals surface area contributed by atoms with Gasteiger partial charge in [0.2, 0.25) is 0 Å². The molecule has 20 heavy (non-hydrogen) atoms. The molecule has 2 rings (SSSR count). The molecule has 1 heterocycles. The zero-order valence-electron chi connectivity index (χ0n) is 10.7. The normalized spacial score (nSPS) is 10.1. The molecule has 0 aliphatic carbocycles. The summed E-state index contributed by atoms with van der Waals surface area (Å²) in [5.74, 6) is 0.478. The summed E-state index contributed by atoms with van der Waals surface area (Å²) in [6.45, 7) is 0.770. The first-order valence-corrected chi connectivity index (χ1v) is 6.83. The molecule has 1 aromatic heterocycles. The lowest BCUT2D eigenvalue weighted by molar-refractivity contribution is 0.0941. The van der Waals surface area contributed by atoms with E-state index in [1.54, 1.807) is 42.6 Å². The smallest absolute Gasteiger partial charge is 0.271 e. The molecule has 0 bridgehead atoms. The van der Waals surface area contributed by atoms with Crippen molar-refractivity contribution in [2.45, 2.75) is 0 Å². The molecule has 0 atom stereocenters. The average molecular weight is 336 g/mol. The van der Waals surface area contributed by atoms with Crippen molar-refractivity contribution >= 4 is 27.5 Å². The highest BCUT2D eigenvalue weighted by molar-refractivity contribution is 9.10. The third kappa shape index (κ3) is 3.96. The van der Waals surface area contributed by atoms with Crippen molar-refractivity contribution in [3.8, 4) is 5.75 Å². The zero-order chi connectivity index (χ0) is 14.4. The molecule has 0 saturated heterocycles. The second kappa shape index (κ2) is 6.91. The summed E-state index contributed by atoms with van der Waals surface area (Å²) in [5, 5.41) is 2.74. The van der Waals surface area contributed by atoms with Crippen molar-refractivity contribution in [1.29, 1.82) is 0 Å². The Balaban J connectivity index is 1.77. The van der Waals surface area contributed by atoms with Crippen molar-refractivity contribution in [1.82, 2.24) is 10.3 Å². The summed E-state index contributed by atoms with van der Waals surface area (Å²) in [4.78, 5) is 15.9. The SMILES string of the molecule is Nc1ccc(OCCNC(=O)c2ncccc2Br)cc1. The van der Waals surface area contributed by atoms with Crippen molar-refractivity contribution in [3.05, 3.63) is 52.8 Å². The van der Waals surface area contributed by atoms with E-state index in [-0.39, 0.29) is 5.91 Å². The molecule has 1 aromatic carbocycles. The van der Waals surface area contributed by atoms with Gasteiger partial charge >= 0.3 is 0 Å². The van der Waals surface area contributed by atoms with Gasteiger partial charge in [-0.15, -0.1) is 0 Å². The van der Waals surface area contributed by atoms with Crippen LogP contribution in [0.5, 0.6) is 5.75 Å². The van der Waals surface area contributed by atoms with Crippen molar-refractivity contribution in [3.63, 3.8) is 0 Å². The summed E-state index contributed by atoms with van der Waals surface area (Å²) in [6, 6.07) is 10.6. The first-order valence-electron chi connectivity index (χ1n) is 6.04. The molecular weight excluding hydrogens is 322 g/mol. The molecule has 6 heteroatoms. The minimum absolute atomic E-state index is 0.238. The van der Waals surface area contributed by atoms with Gasteiger partial charge in [0.25, 0.3) is 5.91 Å². The number of hydrogen-bond donors (Lipinski definition) is 2. The number of amides is 1. The maximum Gasteiger partial charge on any atom is 0.271 e. The fourth-order valence-corrected chi connectivity index (χ4v) is 1.97. The Morgan fingerprint density at radius 2 is 2.05 bits per heavy atom. The Morgan fingerprint density at radius 1 is 1.30 bits per heavy atom. The molecule has 0 saturated carbocycles. The van der Waals surface area contributed by atoms with Gasteiger partial charge in [0.05, 0.1) is 6.54 Å². The third-order valence-electron chi connectivity index (χ3n) is 2.51. The number of pyridine rings is 1. The van der Waals surface area contributed by atoms with E-state index in [4.69, 9.17) is 10.5 Å². The van der Waals surface area contributed by atoms with Gasteiger partial charge in [0.1, 0.15) is 18.1 Å². The van der Waals surface area contributed by atoms with Crippen LogP contribution >= 0.6 is 15.9 Å². The van der Waals surface area contributed by atoms with Crippen LogP contribution in [0.15, 0.2) is 47.1 Å². The van der Waals surface area contributed by atoms with E-state index in [1.807, 2.05) is 0 Å². The number of hydrogen-bond acceptors (Lipinski definition) is 4. The lowest BCUT2D eigenvalue weighted by atomic mass is 10.3. The number of carbonyl (C=O) groups is 1. The Hall–Kier alpha value is -2.08. The second-order valence-electron chi connectivity index (χ2n) is 4.01. The Kier molecular flexibility index (Phi) is 4.95. The fourth-order valence-electron chi connectivity index (χ4n) is 1.53.